The zero-order valence-electron chi connectivity index (χ0n) is 14.9. The van der Waals surface area contributed by atoms with E-state index in [1.165, 1.54) is 19.2 Å². The Kier molecular flexibility index (Phi) is 9.61. The van der Waals surface area contributed by atoms with Gasteiger partial charge in [0.2, 0.25) is 10.0 Å². The smallest absolute Gasteiger partial charge is 0.254 e. The molecule has 1 aromatic carbocycles. The zero-order valence-corrected chi connectivity index (χ0v) is 15.7. The molecular formula is C16H26N2O6S. The third-order valence-electron chi connectivity index (χ3n) is 3.41. The zero-order chi connectivity index (χ0) is 18.7. The van der Waals surface area contributed by atoms with Gasteiger partial charge in [0.25, 0.3) is 5.91 Å². The quantitative estimate of drug-likeness (QED) is 0.531. The standard InChI is InChI=1S/C16H26N2O6S/c1-22-10-7-17-25(20,21)15-6-4-5-14(13-15)16(19)18(8-11-23-2)9-12-24-3/h4-6,13,17H,7-12H2,1-3H3. The van der Waals surface area contributed by atoms with Crippen LogP contribution < -0.4 is 4.72 Å². The van der Waals surface area contributed by atoms with Crippen LogP contribution in [0.3, 0.4) is 0 Å². The second-order valence-electron chi connectivity index (χ2n) is 5.20. The van der Waals surface area contributed by atoms with Gasteiger partial charge in [0.15, 0.2) is 0 Å². The van der Waals surface area contributed by atoms with Gasteiger partial charge in [-0.1, -0.05) is 6.07 Å². The summed E-state index contributed by atoms with van der Waals surface area (Å²) >= 11 is 0. The molecule has 0 spiro atoms. The molecule has 0 bridgehead atoms. The van der Waals surface area contributed by atoms with Crippen molar-refractivity contribution in [3.63, 3.8) is 0 Å². The van der Waals surface area contributed by atoms with Crippen molar-refractivity contribution in [1.82, 2.24) is 9.62 Å². The summed E-state index contributed by atoms with van der Waals surface area (Å²) in [4.78, 5) is 14.3. The Morgan fingerprint density at radius 1 is 1.04 bits per heavy atom. The van der Waals surface area contributed by atoms with E-state index in [-0.39, 0.29) is 24.0 Å². The fourth-order valence-electron chi connectivity index (χ4n) is 2.06. The van der Waals surface area contributed by atoms with Crippen molar-refractivity contribution >= 4 is 15.9 Å². The first kappa shape index (κ1) is 21.5. The highest BCUT2D eigenvalue weighted by Gasteiger charge is 2.19. The highest BCUT2D eigenvalue weighted by atomic mass is 32.2. The summed E-state index contributed by atoms with van der Waals surface area (Å²) in [5, 5.41) is 0. The number of hydrogen-bond donors (Lipinski definition) is 1. The summed E-state index contributed by atoms with van der Waals surface area (Å²) in [6, 6.07) is 5.94. The van der Waals surface area contributed by atoms with Gasteiger partial charge in [-0.25, -0.2) is 13.1 Å². The molecule has 0 unspecified atom stereocenters. The van der Waals surface area contributed by atoms with Gasteiger partial charge in [0, 0.05) is 46.5 Å². The lowest BCUT2D eigenvalue weighted by molar-refractivity contribution is 0.0627. The number of hydrogen-bond acceptors (Lipinski definition) is 6. The molecule has 0 atom stereocenters. The predicted octanol–water partition coefficient (Wildman–Crippen LogP) is 0.346. The average molecular weight is 374 g/mol. The van der Waals surface area contributed by atoms with Gasteiger partial charge in [-0.05, 0) is 18.2 Å². The van der Waals surface area contributed by atoms with Crippen LogP contribution in [-0.4, -0.2) is 80.0 Å². The first-order chi connectivity index (χ1) is 12.0. The van der Waals surface area contributed by atoms with E-state index >= 15 is 0 Å². The fourth-order valence-corrected chi connectivity index (χ4v) is 3.12. The van der Waals surface area contributed by atoms with E-state index in [0.717, 1.165) is 0 Å². The van der Waals surface area contributed by atoms with Crippen LogP contribution in [-0.2, 0) is 24.2 Å². The van der Waals surface area contributed by atoms with Crippen LogP contribution in [0.5, 0.6) is 0 Å². The molecule has 0 aliphatic heterocycles. The number of sulfonamides is 1. The molecule has 1 aromatic rings. The number of ether oxygens (including phenoxy) is 3. The minimum Gasteiger partial charge on any atom is -0.383 e. The molecule has 0 aliphatic carbocycles. The summed E-state index contributed by atoms with van der Waals surface area (Å²) in [6.07, 6.45) is 0. The molecule has 0 saturated carbocycles. The molecule has 0 aliphatic rings. The Morgan fingerprint density at radius 3 is 2.20 bits per heavy atom. The van der Waals surface area contributed by atoms with Gasteiger partial charge >= 0.3 is 0 Å². The van der Waals surface area contributed by atoms with Crippen LogP contribution in [0.2, 0.25) is 0 Å². The molecule has 8 nitrogen and oxygen atoms in total. The van der Waals surface area contributed by atoms with Gasteiger partial charge in [0.1, 0.15) is 0 Å². The second-order valence-corrected chi connectivity index (χ2v) is 6.96. The van der Waals surface area contributed by atoms with E-state index in [9.17, 15) is 13.2 Å². The number of carbonyl (C=O) groups excluding carboxylic acids is 1. The lowest BCUT2D eigenvalue weighted by Gasteiger charge is -2.22. The SMILES string of the molecule is COCCNS(=O)(=O)c1cccc(C(=O)N(CCOC)CCOC)c1. The van der Waals surface area contributed by atoms with Crippen molar-refractivity contribution in [3.8, 4) is 0 Å². The van der Waals surface area contributed by atoms with Crippen LogP contribution in [0.15, 0.2) is 29.2 Å². The first-order valence-corrected chi connectivity index (χ1v) is 9.30. The number of carbonyl (C=O) groups is 1. The molecule has 0 radical (unpaired) electrons. The first-order valence-electron chi connectivity index (χ1n) is 7.82. The summed E-state index contributed by atoms with van der Waals surface area (Å²) < 4.78 is 41.8. The van der Waals surface area contributed by atoms with E-state index in [1.807, 2.05) is 0 Å². The average Bonchev–Trinajstić information content (AvgIpc) is 2.61. The minimum absolute atomic E-state index is 0.0351. The van der Waals surface area contributed by atoms with Gasteiger partial charge in [-0.15, -0.1) is 0 Å². The number of benzene rings is 1. The molecule has 9 heteroatoms. The Bertz CT molecular complexity index is 627. The van der Waals surface area contributed by atoms with E-state index in [1.54, 1.807) is 31.3 Å². The van der Waals surface area contributed by atoms with Crippen LogP contribution in [0.25, 0.3) is 0 Å². The maximum Gasteiger partial charge on any atom is 0.254 e. The highest BCUT2D eigenvalue weighted by Crippen LogP contribution is 2.13. The molecule has 0 saturated heterocycles. The molecule has 0 fully saturated rings. The van der Waals surface area contributed by atoms with E-state index in [4.69, 9.17) is 14.2 Å². The van der Waals surface area contributed by atoms with E-state index in [0.29, 0.717) is 31.9 Å². The number of amides is 1. The summed E-state index contributed by atoms with van der Waals surface area (Å²) in [6.45, 7) is 1.96. The number of rotatable bonds is 12. The minimum atomic E-state index is -3.70. The largest absolute Gasteiger partial charge is 0.383 e. The molecule has 1 amide bonds. The topological polar surface area (TPSA) is 94.2 Å². The monoisotopic (exact) mass is 374 g/mol. The van der Waals surface area contributed by atoms with Gasteiger partial charge in [0.05, 0.1) is 24.7 Å². The summed E-state index contributed by atoms with van der Waals surface area (Å²) in [7, 11) is 0.897. The lowest BCUT2D eigenvalue weighted by atomic mass is 10.2. The third-order valence-corrected chi connectivity index (χ3v) is 4.87. The number of nitrogens with zero attached hydrogens (tertiary/aromatic N) is 1. The summed E-state index contributed by atoms with van der Waals surface area (Å²) in [5.74, 6) is -0.275. The molecule has 142 valence electrons. The highest BCUT2D eigenvalue weighted by molar-refractivity contribution is 7.89. The van der Waals surface area contributed by atoms with E-state index < -0.39 is 10.0 Å². The molecular weight excluding hydrogens is 348 g/mol. The van der Waals surface area contributed by atoms with Crippen molar-refractivity contribution in [2.45, 2.75) is 4.90 Å². The second kappa shape index (κ2) is 11.2. The molecule has 25 heavy (non-hydrogen) atoms. The molecule has 0 heterocycles. The molecule has 0 aromatic heterocycles. The van der Waals surface area contributed by atoms with Gasteiger partial charge in [-0.2, -0.15) is 0 Å². The Hall–Kier alpha value is -1.52. The predicted molar refractivity (Wildman–Crippen MR) is 93.2 cm³/mol. The maximum atomic E-state index is 12.7. The van der Waals surface area contributed by atoms with Gasteiger partial charge in [-0.3, -0.25) is 4.79 Å². The Morgan fingerprint density at radius 2 is 1.64 bits per heavy atom. The van der Waals surface area contributed by atoms with Crippen LogP contribution >= 0.6 is 0 Å². The van der Waals surface area contributed by atoms with Crippen molar-refractivity contribution in [1.29, 1.82) is 0 Å². The Labute approximate surface area is 149 Å². The Balaban J connectivity index is 2.94. The molecule has 1 rings (SSSR count). The fraction of sp³-hybridized carbons (Fsp3) is 0.562. The van der Waals surface area contributed by atoms with E-state index in [2.05, 4.69) is 4.72 Å². The maximum absolute atomic E-state index is 12.7. The summed E-state index contributed by atoms with van der Waals surface area (Å²) in [5.41, 5.74) is 0.293. The van der Waals surface area contributed by atoms with Crippen molar-refractivity contribution in [3.05, 3.63) is 29.8 Å². The van der Waals surface area contributed by atoms with Gasteiger partial charge < -0.3 is 19.1 Å². The number of methoxy groups -OCH3 is 3. The number of nitrogens with one attached hydrogen (secondary N) is 1. The van der Waals surface area contributed by atoms with Crippen LogP contribution in [0, 0.1) is 0 Å². The van der Waals surface area contributed by atoms with Crippen LogP contribution in [0.1, 0.15) is 10.4 Å². The molecule has 1 N–H and O–H groups in total. The van der Waals surface area contributed by atoms with Crippen molar-refractivity contribution in [2.24, 2.45) is 0 Å². The van der Waals surface area contributed by atoms with Crippen LogP contribution in [0.4, 0.5) is 0 Å². The normalized spacial score (nSPS) is 11.5. The van der Waals surface area contributed by atoms with Crippen molar-refractivity contribution < 1.29 is 27.4 Å². The lowest BCUT2D eigenvalue weighted by Crippen LogP contribution is -2.36. The third kappa shape index (κ3) is 7.09. The van der Waals surface area contributed by atoms with Crippen molar-refractivity contribution in [2.75, 3.05) is 60.8 Å².